The number of ether oxygens (including phenoxy) is 3. The van der Waals surface area contributed by atoms with E-state index in [-0.39, 0.29) is 0 Å². The van der Waals surface area contributed by atoms with Gasteiger partial charge in [0, 0.05) is 6.54 Å². The number of rotatable bonds is 8. The average molecular weight is 293 g/mol. The first kappa shape index (κ1) is 16.1. The second-order valence-corrected chi connectivity index (χ2v) is 5.66. The Morgan fingerprint density at radius 2 is 1.67 bits per heavy atom. The van der Waals surface area contributed by atoms with Crippen LogP contribution in [0.3, 0.4) is 0 Å². The van der Waals surface area contributed by atoms with Gasteiger partial charge in [0.05, 0.1) is 20.3 Å². The summed E-state index contributed by atoms with van der Waals surface area (Å²) in [6, 6.07) is 7.61. The van der Waals surface area contributed by atoms with Crippen LogP contribution in [0, 0.1) is 5.92 Å². The number of hydrogen-bond donors (Lipinski definition) is 0. The van der Waals surface area contributed by atoms with Crippen molar-refractivity contribution in [3.8, 4) is 11.5 Å². The minimum absolute atomic E-state index is 0.587. The topological polar surface area (TPSA) is 30.9 Å². The summed E-state index contributed by atoms with van der Waals surface area (Å²) in [4.78, 5) is 2.49. The molecule has 0 unspecified atom stereocenters. The highest BCUT2D eigenvalue weighted by Gasteiger charge is 2.14. The summed E-state index contributed by atoms with van der Waals surface area (Å²) in [7, 11) is 1.66. The molecule has 4 nitrogen and oxygen atoms in total. The van der Waals surface area contributed by atoms with Crippen LogP contribution in [0.25, 0.3) is 0 Å². The maximum atomic E-state index is 5.64. The molecule has 1 aliphatic heterocycles. The Morgan fingerprint density at radius 3 is 2.33 bits per heavy atom. The smallest absolute Gasteiger partial charge is 0.119 e. The SMILES string of the molecule is COc1ccc(OCCOCCN2CCC(C)CC2)cc1. The number of likely N-dealkylation sites (tertiary alicyclic amines) is 1. The molecule has 1 heterocycles. The molecule has 1 fully saturated rings. The van der Waals surface area contributed by atoms with Gasteiger partial charge in [-0.3, -0.25) is 0 Å². The third-order valence-corrected chi connectivity index (χ3v) is 3.98. The maximum absolute atomic E-state index is 5.64. The Morgan fingerprint density at radius 1 is 1.00 bits per heavy atom. The highest BCUT2D eigenvalue weighted by Crippen LogP contribution is 2.17. The number of methoxy groups -OCH3 is 1. The van der Waals surface area contributed by atoms with Crippen LogP contribution in [-0.2, 0) is 4.74 Å². The van der Waals surface area contributed by atoms with E-state index >= 15 is 0 Å². The molecule has 0 saturated carbocycles. The molecule has 0 bridgehead atoms. The van der Waals surface area contributed by atoms with Crippen LogP contribution in [0.5, 0.6) is 11.5 Å². The Labute approximate surface area is 128 Å². The van der Waals surface area contributed by atoms with E-state index < -0.39 is 0 Å². The molecule has 1 saturated heterocycles. The van der Waals surface area contributed by atoms with Gasteiger partial charge in [0.15, 0.2) is 0 Å². The molecule has 2 rings (SSSR count). The zero-order valence-corrected chi connectivity index (χ0v) is 13.2. The van der Waals surface area contributed by atoms with Crippen LogP contribution >= 0.6 is 0 Å². The minimum atomic E-state index is 0.587. The van der Waals surface area contributed by atoms with Crippen molar-refractivity contribution in [2.75, 3.05) is 46.6 Å². The van der Waals surface area contributed by atoms with Gasteiger partial charge >= 0.3 is 0 Å². The lowest BCUT2D eigenvalue weighted by atomic mass is 9.99. The van der Waals surface area contributed by atoms with Gasteiger partial charge in [0.25, 0.3) is 0 Å². The Bertz CT molecular complexity index is 386. The molecule has 21 heavy (non-hydrogen) atoms. The second-order valence-electron chi connectivity index (χ2n) is 5.66. The van der Waals surface area contributed by atoms with E-state index in [4.69, 9.17) is 14.2 Å². The largest absolute Gasteiger partial charge is 0.497 e. The van der Waals surface area contributed by atoms with E-state index in [1.54, 1.807) is 7.11 Å². The average Bonchev–Trinajstić information content (AvgIpc) is 2.53. The minimum Gasteiger partial charge on any atom is -0.497 e. The molecular formula is C17H27NO3. The summed E-state index contributed by atoms with van der Waals surface area (Å²) in [5.41, 5.74) is 0. The van der Waals surface area contributed by atoms with Gasteiger partial charge in [-0.2, -0.15) is 0 Å². The fraction of sp³-hybridized carbons (Fsp3) is 0.647. The van der Waals surface area contributed by atoms with E-state index in [0.717, 1.165) is 30.6 Å². The van der Waals surface area contributed by atoms with E-state index in [0.29, 0.717) is 13.2 Å². The lowest BCUT2D eigenvalue weighted by Gasteiger charge is -2.29. The molecule has 0 aliphatic carbocycles. The third kappa shape index (κ3) is 5.94. The van der Waals surface area contributed by atoms with E-state index in [2.05, 4.69) is 11.8 Å². The maximum Gasteiger partial charge on any atom is 0.119 e. The number of piperidine rings is 1. The van der Waals surface area contributed by atoms with Gasteiger partial charge in [0.1, 0.15) is 18.1 Å². The van der Waals surface area contributed by atoms with Crippen LogP contribution in [0.2, 0.25) is 0 Å². The third-order valence-electron chi connectivity index (χ3n) is 3.98. The van der Waals surface area contributed by atoms with Crippen LogP contribution in [0.4, 0.5) is 0 Å². The standard InChI is InChI=1S/C17H27NO3/c1-15-7-9-18(10-8-15)11-12-20-13-14-21-17-5-3-16(19-2)4-6-17/h3-6,15H,7-14H2,1-2H3. The molecule has 0 N–H and O–H groups in total. The quantitative estimate of drug-likeness (QED) is 0.690. The zero-order chi connectivity index (χ0) is 14.9. The van der Waals surface area contributed by atoms with Crippen LogP contribution < -0.4 is 9.47 Å². The second kappa shape index (κ2) is 8.90. The first-order chi connectivity index (χ1) is 10.3. The highest BCUT2D eigenvalue weighted by molar-refractivity contribution is 5.31. The molecular weight excluding hydrogens is 266 g/mol. The summed E-state index contributed by atoms with van der Waals surface area (Å²) in [6.07, 6.45) is 2.64. The van der Waals surface area contributed by atoms with Gasteiger partial charge < -0.3 is 19.1 Å². The summed E-state index contributed by atoms with van der Waals surface area (Å²) < 4.78 is 16.4. The van der Waals surface area contributed by atoms with Gasteiger partial charge in [-0.15, -0.1) is 0 Å². The summed E-state index contributed by atoms with van der Waals surface area (Å²) in [6.45, 7) is 7.82. The summed E-state index contributed by atoms with van der Waals surface area (Å²) in [5, 5.41) is 0. The monoisotopic (exact) mass is 293 g/mol. The molecule has 4 heteroatoms. The van der Waals surface area contributed by atoms with Gasteiger partial charge in [-0.1, -0.05) is 6.92 Å². The van der Waals surface area contributed by atoms with Crippen molar-refractivity contribution in [3.63, 3.8) is 0 Å². The fourth-order valence-corrected chi connectivity index (χ4v) is 2.47. The van der Waals surface area contributed by atoms with Crippen LogP contribution in [-0.4, -0.2) is 51.5 Å². The molecule has 0 spiro atoms. The molecule has 0 radical (unpaired) electrons. The molecule has 0 aromatic heterocycles. The molecule has 0 amide bonds. The Balaban J connectivity index is 1.49. The summed E-state index contributed by atoms with van der Waals surface area (Å²) in [5.74, 6) is 2.58. The van der Waals surface area contributed by atoms with Crippen molar-refractivity contribution in [1.82, 2.24) is 4.90 Å². The number of benzene rings is 1. The summed E-state index contributed by atoms with van der Waals surface area (Å²) >= 11 is 0. The number of nitrogens with zero attached hydrogens (tertiary/aromatic N) is 1. The first-order valence-corrected chi connectivity index (χ1v) is 7.85. The Kier molecular flexibility index (Phi) is 6.83. The normalized spacial score (nSPS) is 16.9. The lowest BCUT2D eigenvalue weighted by Crippen LogP contribution is -2.35. The van der Waals surface area contributed by atoms with Crippen molar-refractivity contribution in [3.05, 3.63) is 24.3 Å². The molecule has 0 atom stereocenters. The zero-order valence-electron chi connectivity index (χ0n) is 13.2. The van der Waals surface area contributed by atoms with Crippen molar-refractivity contribution in [1.29, 1.82) is 0 Å². The van der Waals surface area contributed by atoms with Crippen molar-refractivity contribution in [2.45, 2.75) is 19.8 Å². The molecule has 1 aromatic carbocycles. The van der Waals surface area contributed by atoms with Gasteiger partial charge in [-0.05, 0) is 56.1 Å². The predicted octanol–water partition coefficient (Wildman–Crippen LogP) is 2.82. The van der Waals surface area contributed by atoms with Crippen molar-refractivity contribution < 1.29 is 14.2 Å². The first-order valence-electron chi connectivity index (χ1n) is 7.85. The van der Waals surface area contributed by atoms with E-state index in [1.165, 1.54) is 25.9 Å². The lowest BCUT2D eigenvalue weighted by molar-refractivity contribution is 0.0708. The molecule has 1 aromatic rings. The van der Waals surface area contributed by atoms with E-state index in [1.807, 2.05) is 24.3 Å². The van der Waals surface area contributed by atoms with Crippen LogP contribution in [0.15, 0.2) is 24.3 Å². The van der Waals surface area contributed by atoms with E-state index in [9.17, 15) is 0 Å². The molecule has 118 valence electrons. The number of hydrogen-bond acceptors (Lipinski definition) is 4. The van der Waals surface area contributed by atoms with Crippen molar-refractivity contribution in [2.24, 2.45) is 5.92 Å². The van der Waals surface area contributed by atoms with Crippen LogP contribution in [0.1, 0.15) is 19.8 Å². The molecule has 1 aliphatic rings. The van der Waals surface area contributed by atoms with Gasteiger partial charge in [-0.25, -0.2) is 0 Å². The van der Waals surface area contributed by atoms with Gasteiger partial charge in [0.2, 0.25) is 0 Å². The highest BCUT2D eigenvalue weighted by atomic mass is 16.5. The Hall–Kier alpha value is -1.26. The fourth-order valence-electron chi connectivity index (χ4n) is 2.47. The van der Waals surface area contributed by atoms with Crippen molar-refractivity contribution >= 4 is 0 Å². The predicted molar refractivity (Wildman–Crippen MR) is 84.1 cm³/mol.